The summed E-state index contributed by atoms with van der Waals surface area (Å²) in [6, 6.07) is 1.50. The van der Waals surface area contributed by atoms with E-state index in [1.807, 2.05) is 0 Å². The summed E-state index contributed by atoms with van der Waals surface area (Å²) in [6.07, 6.45) is 10.3. The Morgan fingerprint density at radius 1 is 1.07 bits per heavy atom. The van der Waals surface area contributed by atoms with Crippen molar-refractivity contribution in [3.63, 3.8) is 0 Å². The molecule has 2 unspecified atom stereocenters. The summed E-state index contributed by atoms with van der Waals surface area (Å²) in [5.41, 5.74) is 0. The van der Waals surface area contributed by atoms with Gasteiger partial charge in [-0.2, -0.15) is 0 Å². The molecule has 0 amide bonds. The predicted molar refractivity (Wildman–Crippen MR) is 61.4 cm³/mol. The Balaban J connectivity index is 1.66. The third kappa shape index (κ3) is 2.98. The maximum absolute atomic E-state index is 3.79. The van der Waals surface area contributed by atoms with E-state index < -0.39 is 0 Å². The molecule has 2 aliphatic carbocycles. The molecule has 0 radical (unpaired) electrons. The number of hydrogen-bond acceptors (Lipinski definition) is 1. The number of rotatable bonds is 5. The SMILES string of the molecule is CC(CC1CC1)NC(C)C1CCCC1. The third-order valence-electron chi connectivity index (χ3n) is 4.04. The van der Waals surface area contributed by atoms with Crippen LogP contribution in [0.2, 0.25) is 0 Å². The van der Waals surface area contributed by atoms with Gasteiger partial charge in [-0.15, -0.1) is 0 Å². The molecule has 0 aromatic heterocycles. The second-order valence-corrected chi connectivity index (χ2v) is 5.58. The van der Waals surface area contributed by atoms with Crippen molar-refractivity contribution in [2.75, 3.05) is 0 Å². The summed E-state index contributed by atoms with van der Waals surface area (Å²) in [5, 5.41) is 3.79. The summed E-state index contributed by atoms with van der Waals surface area (Å²) < 4.78 is 0. The lowest BCUT2D eigenvalue weighted by molar-refractivity contribution is 0.335. The van der Waals surface area contributed by atoms with E-state index in [4.69, 9.17) is 0 Å². The fourth-order valence-corrected chi connectivity index (χ4v) is 2.96. The van der Waals surface area contributed by atoms with Gasteiger partial charge in [0.2, 0.25) is 0 Å². The minimum absolute atomic E-state index is 0.748. The molecular weight excluding hydrogens is 170 g/mol. The quantitative estimate of drug-likeness (QED) is 0.709. The molecule has 82 valence electrons. The van der Waals surface area contributed by atoms with Crippen molar-refractivity contribution in [2.24, 2.45) is 11.8 Å². The van der Waals surface area contributed by atoms with Crippen molar-refractivity contribution < 1.29 is 0 Å². The molecule has 2 aliphatic rings. The van der Waals surface area contributed by atoms with E-state index in [9.17, 15) is 0 Å². The van der Waals surface area contributed by atoms with Gasteiger partial charge in [0.25, 0.3) is 0 Å². The van der Waals surface area contributed by atoms with Crippen molar-refractivity contribution in [2.45, 2.75) is 70.9 Å². The molecule has 0 aromatic rings. The van der Waals surface area contributed by atoms with Gasteiger partial charge < -0.3 is 5.32 Å². The smallest absolute Gasteiger partial charge is 0.00694 e. The number of hydrogen-bond donors (Lipinski definition) is 1. The fourth-order valence-electron chi connectivity index (χ4n) is 2.96. The normalized spacial score (nSPS) is 27.9. The molecule has 2 atom stereocenters. The molecule has 2 rings (SSSR count). The molecular formula is C13H25N. The molecule has 0 heterocycles. The summed E-state index contributed by atoms with van der Waals surface area (Å²) in [7, 11) is 0. The highest BCUT2D eigenvalue weighted by atomic mass is 14.9. The molecule has 2 saturated carbocycles. The lowest BCUT2D eigenvalue weighted by Gasteiger charge is -2.24. The van der Waals surface area contributed by atoms with Crippen LogP contribution < -0.4 is 5.32 Å². The fraction of sp³-hybridized carbons (Fsp3) is 1.00. The monoisotopic (exact) mass is 195 g/mol. The van der Waals surface area contributed by atoms with E-state index in [0.717, 1.165) is 23.9 Å². The zero-order valence-corrected chi connectivity index (χ0v) is 9.76. The van der Waals surface area contributed by atoms with E-state index in [1.54, 1.807) is 0 Å². The van der Waals surface area contributed by atoms with Gasteiger partial charge in [0.1, 0.15) is 0 Å². The van der Waals surface area contributed by atoms with Gasteiger partial charge in [0.05, 0.1) is 0 Å². The Bertz CT molecular complexity index is 168. The van der Waals surface area contributed by atoms with Crippen LogP contribution in [-0.2, 0) is 0 Å². The second-order valence-electron chi connectivity index (χ2n) is 5.58. The minimum atomic E-state index is 0.748. The highest BCUT2D eigenvalue weighted by Crippen LogP contribution is 2.34. The first-order valence-corrected chi connectivity index (χ1v) is 6.51. The van der Waals surface area contributed by atoms with Gasteiger partial charge in [-0.05, 0) is 44.9 Å². The van der Waals surface area contributed by atoms with Crippen molar-refractivity contribution >= 4 is 0 Å². The summed E-state index contributed by atoms with van der Waals surface area (Å²) >= 11 is 0. The van der Waals surface area contributed by atoms with Gasteiger partial charge >= 0.3 is 0 Å². The first-order chi connectivity index (χ1) is 6.75. The Hall–Kier alpha value is -0.0400. The Labute approximate surface area is 88.7 Å². The molecule has 0 aromatic carbocycles. The van der Waals surface area contributed by atoms with Crippen LogP contribution in [-0.4, -0.2) is 12.1 Å². The van der Waals surface area contributed by atoms with E-state index in [1.165, 1.54) is 44.9 Å². The third-order valence-corrected chi connectivity index (χ3v) is 4.04. The van der Waals surface area contributed by atoms with E-state index in [0.29, 0.717) is 0 Å². The van der Waals surface area contributed by atoms with Gasteiger partial charge in [-0.25, -0.2) is 0 Å². The summed E-state index contributed by atoms with van der Waals surface area (Å²) in [6.45, 7) is 4.75. The Morgan fingerprint density at radius 3 is 2.29 bits per heavy atom. The molecule has 0 saturated heterocycles. The van der Waals surface area contributed by atoms with Crippen molar-refractivity contribution in [3.05, 3.63) is 0 Å². The zero-order chi connectivity index (χ0) is 9.97. The first-order valence-electron chi connectivity index (χ1n) is 6.51. The first kappa shape index (κ1) is 10.5. The van der Waals surface area contributed by atoms with Crippen molar-refractivity contribution in [3.8, 4) is 0 Å². The van der Waals surface area contributed by atoms with E-state index in [2.05, 4.69) is 19.2 Å². The van der Waals surface area contributed by atoms with Gasteiger partial charge in [0.15, 0.2) is 0 Å². The molecule has 1 heteroatoms. The standard InChI is InChI=1S/C13H25N/c1-10(9-12-7-8-12)14-11(2)13-5-3-4-6-13/h10-14H,3-9H2,1-2H3. The molecule has 2 fully saturated rings. The van der Waals surface area contributed by atoms with Gasteiger partial charge in [-0.3, -0.25) is 0 Å². The average Bonchev–Trinajstić information content (AvgIpc) is 2.80. The lowest BCUT2D eigenvalue weighted by atomic mass is 9.98. The molecule has 14 heavy (non-hydrogen) atoms. The van der Waals surface area contributed by atoms with Crippen LogP contribution in [0.4, 0.5) is 0 Å². The number of nitrogens with one attached hydrogen (secondary N) is 1. The Kier molecular flexibility index (Phi) is 3.48. The van der Waals surface area contributed by atoms with E-state index >= 15 is 0 Å². The minimum Gasteiger partial charge on any atom is -0.311 e. The topological polar surface area (TPSA) is 12.0 Å². The highest BCUT2D eigenvalue weighted by molar-refractivity contribution is 4.82. The van der Waals surface area contributed by atoms with Crippen LogP contribution in [0.1, 0.15) is 58.8 Å². The van der Waals surface area contributed by atoms with Crippen molar-refractivity contribution in [1.82, 2.24) is 5.32 Å². The lowest BCUT2D eigenvalue weighted by Crippen LogP contribution is -2.38. The van der Waals surface area contributed by atoms with Crippen LogP contribution in [0.3, 0.4) is 0 Å². The highest BCUT2D eigenvalue weighted by Gasteiger charge is 2.26. The molecule has 0 bridgehead atoms. The maximum atomic E-state index is 3.79. The zero-order valence-electron chi connectivity index (χ0n) is 9.76. The average molecular weight is 195 g/mol. The van der Waals surface area contributed by atoms with Crippen LogP contribution in [0.5, 0.6) is 0 Å². The maximum Gasteiger partial charge on any atom is 0.00694 e. The Morgan fingerprint density at radius 2 is 1.71 bits per heavy atom. The van der Waals surface area contributed by atoms with Gasteiger partial charge in [-0.1, -0.05) is 25.7 Å². The van der Waals surface area contributed by atoms with Crippen LogP contribution >= 0.6 is 0 Å². The molecule has 1 N–H and O–H groups in total. The van der Waals surface area contributed by atoms with Crippen LogP contribution in [0.15, 0.2) is 0 Å². The largest absolute Gasteiger partial charge is 0.311 e. The van der Waals surface area contributed by atoms with Crippen LogP contribution in [0, 0.1) is 11.8 Å². The second kappa shape index (κ2) is 4.65. The molecule has 0 aliphatic heterocycles. The van der Waals surface area contributed by atoms with Crippen molar-refractivity contribution in [1.29, 1.82) is 0 Å². The van der Waals surface area contributed by atoms with Crippen LogP contribution in [0.25, 0.3) is 0 Å². The molecule has 0 spiro atoms. The van der Waals surface area contributed by atoms with E-state index in [-0.39, 0.29) is 0 Å². The summed E-state index contributed by atoms with van der Waals surface area (Å²) in [4.78, 5) is 0. The molecule has 1 nitrogen and oxygen atoms in total. The summed E-state index contributed by atoms with van der Waals surface area (Å²) in [5.74, 6) is 2.03. The predicted octanol–water partition coefficient (Wildman–Crippen LogP) is 3.34. The van der Waals surface area contributed by atoms with Gasteiger partial charge in [0, 0.05) is 12.1 Å².